The molecule has 9 heteroatoms. The van der Waals surface area contributed by atoms with E-state index >= 15 is 0 Å². The minimum Gasteiger partial charge on any atom is -0.308 e. The van der Waals surface area contributed by atoms with E-state index in [1.165, 1.54) is 16.3 Å². The fourth-order valence-corrected chi connectivity index (χ4v) is 3.49. The Kier molecular flexibility index (Phi) is 4.90. The summed E-state index contributed by atoms with van der Waals surface area (Å²) < 4.78 is 1.50. The second-order valence-electron chi connectivity index (χ2n) is 6.02. The Labute approximate surface area is 164 Å². The number of aromatic amines is 1. The van der Waals surface area contributed by atoms with E-state index in [1.54, 1.807) is 24.4 Å². The Morgan fingerprint density at radius 2 is 2.04 bits per heavy atom. The summed E-state index contributed by atoms with van der Waals surface area (Å²) in [7, 11) is 0. The normalized spacial score (nSPS) is 10.9. The van der Waals surface area contributed by atoms with Crippen LogP contribution in [0.5, 0.6) is 0 Å². The molecule has 140 valence electrons. The first-order chi connectivity index (χ1) is 13.6. The van der Waals surface area contributed by atoms with Crippen LogP contribution in [0.4, 0.5) is 5.82 Å². The number of carbonyl (C=O) groups excluding carboxylic acids is 1. The van der Waals surface area contributed by atoms with Gasteiger partial charge in [0.25, 0.3) is 5.56 Å². The summed E-state index contributed by atoms with van der Waals surface area (Å²) in [4.78, 5) is 34.0. The number of aromatic nitrogens is 5. The summed E-state index contributed by atoms with van der Waals surface area (Å²) in [5.74, 6) is 0.284. The average molecular weight is 392 g/mol. The van der Waals surface area contributed by atoms with Crippen molar-refractivity contribution in [1.29, 1.82) is 0 Å². The van der Waals surface area contributed by atoms with E-state index in [-0.39, 0.29) is 17.2 Å². The molecule has 2 N–H and O–H groups in total. The van der Waals surface area contributed by atoms with Crippen molar-refractivity contribution in [2.24, 2.45) is 0 Å². The molecule has 4 aromatic rings. The van der Waals surface area contributed by atoms with E-state index in [4.69, 9.17) is 0 Å². The number of pyridine rings is 1. The van der Waals surface area contributed by atoms with Crippen LogP contribution in [0.1, 0.15) is 5.69 Å². The lowest BCUT2D eigenvalue weighted by molar-refractivity contribution is -0.113. The summed E-state index contributed by atoms with van der Waals surface area (Å²) >= 11 is 1.17. The van der Waals surface area contributed by atoms with Gasteiger partial charge in [-0.15, -0.1) is 0 Å². The Bertz CT molecular complexity index is 1200. The number of anilines is 1. The monoisotopic (exact) mass is 392 g/mol. The maximum absolute atomic E-state index is 13.0. The van der Waals surface area contributed by atoms with Gasteiger partial charge in [0.15, 0.2) is 16.6 Å². The van der Waals surface area contributed by atoms with Crippen LogP contribution in [0, 0.1) is 6.92 Å². The maximum Gasteiger partial charge on any atom is 0.268 e. The molecule has 0 bridgehead atoms. The standard InChI is InChI=1S/C19H16N6O2S/c1-12-10-15(24-23-12)21-16(26)11-28-19-22-17-14(8-5-9-20-17)18(27)25(19)13-6-3-2-4-7-13/h2-10H,11H2,1H3,(H2,21,23,24,26). The molecule has 3 heterocycles. The second kappa shape index (κ2) is 7.65. The number of fused-ring (bicyclic) bond motifs is 1. The predicted molar refractivity (Wildman–Crippen MR) is 108 cm³/mol. The van der Waals surface area contributed by atoms with Gasteiger partial charge in [0, 0.05) is 18.0 Å². The zero-order valence-corrected chi connectivity index (χ0v) is 15.7. The molecule has 4 rings (SSSR count). The third kappa shape index (κ3) is 3.65. The molecule has 0 aliphatic rings. The van der Waals surface area contributed by atoms with Crippen LogP contribution in [-0.4, -0.2) is 36.4 Å². The van der Waals surface area contributed by atoms with Gasteiger partial charge in [-0.05, 0) is 31.2 Å². The molecule has 0 aliphatic carbocycles. The summed E-state index contributed by atoms with van der Waals surface area (Å²) in [5.41, 5.74) is 1.65. The summed E-state index contributed by atoms with van der Waals surface area (Å²) in [5, 5.41) is 10.3. The maximum atomic E-state index is 13.0. The van der Waals surface area contributed by atoms with E-state index in [2.05, 4.69) is 25.5 Å². The molecule has 1 aromatic carbocycles. The van der Waals surface area contributed by atoms with E-state index in [9.17, 15) is 9.59 Å². The van der Waals surface area contributed by atoms with E-state index in [0.717, 1.165) is 5.69 Å². The Hall–Kier alpha value is -3.46. The lowest BCUT2D eigenvalue weighted by atomic mass is 10.3. The lowest BCUT2D eigenvalue weighted by Gasteiger charge is -2.12. The molecule has 0 saturated heterocycles. The number of nitrogens with zero attached hydrogens (tertiary/aromatic N) is 4. The first kappa shape index (κ1) is 17.9. The smallest absolute Gasteiger partial charge is 0.268 e. The Balaban J connectivity index is 1.67. The third-order valence-corrected chi connectivity index (χ3v) is 4.87. The molecular formula is C19H16N6O2S. The van der Waals surface area contributed by atoms with Crippen molar-refractivity contribution in [3.05, 3.63) is 70.8 Å². The van der Waals surface area contributed by atoms with Crippen molar-refractivity contribution in [2.45, 2.75) is 12.1 Å². The minimum atomic E-state index is -0.244. The van der Waals surface area contributed by atoms with Gasteiger partial charge in [0.2, 0.25) is 5.91 Å². The molecule has 8 nitrogen and oxygen atoms in total. The average Bonchev–Trinajstić information content (AvgIpc) is 3.11. The molecule has 0 radical (unpaired) electrons. The van der Waals surface area contributed by atoms with Crippen LogP contribution in [0.15, 0.2) is 64.7 Å². The van der Waals surface area contributed by atoms with Crippen molar-refractivity contribution in [3.8, 4) is 5.69 Å². The summed E-state index contributed by atoms with van der Waals surface area (Å²) in [6.45, 7) is 1.85. The van der Waals surface area contributed by atoms with Gasteiger partial charge in [-0.25, -0.2) is 9.97 Å². The van der Waals surface area contributed by atoms with E-state index in [1.807, 2.05) is 37.3 Å². The second-order valence-corrected chi connectivity index (χ2v) is 6.96. The van der Waals surface area contributed by atoms with Crippen molar-refractivity contribution < 1.29 is 4.79 Å². The number of aryl methyl sites for hydroxylation is 1. The molecule has 0 fully saturated rings. The number of para-hydroxylation sites is 1. The SMILES string of the molecule is Cc1cc(NC(=O)CSc2nc3ncccc3c(=O)n2-c2ccccc2)n[nH]1. The highest BCUT2D eigenvalue weighted by molar-refractivity contribution is 7.99. The van der Waals surface area contributed by atoms with Crippen molar-refractivity contribution in [1.82, 2.24) is 24.7 Å². The van der Waals surface area contributed by atoms with Gasteiger partial charge in [0.1, 0.15) is 0 Å². The number of hydrogen-bond donors (Lipinski definition) is 2. The molecule has 3 aromatic heterocycles. The highest BCUT2D eigenvalue weighted by atomic mass is 32.2. The number of hydrogen-bond acceptors (Lipinski definition) is 6. The first-order valence-electron chi connectivity index (χ1n) is 8.50. The molecule has 28 heavy (non-hydrogen) atoms. The number of rotatable bonds is 5. The van der Waals surface area contributed by atoms with Gasteiger partial charge in [-0.2, -0.15) is 5.10 Å². The fourth-order valence-electron chi connectivity index (χ4n) is 2.69. The van der Waals surface area contributed by atoms with Crippen molar-refractivity contribution >= 4 is 34.5 Å². The molecule has 0 aliphatic heterocycles. The Morgan fingerprint density at radius 1 is 1.21 bits per heavy atom. The first-order valence-corrected chi connectivity index (χ1v) is 9.48. The van der Waals surface area contributed by atoms with Crippen LogP contribution in [0.2, 0.25) is 0 Å². The van der Waals surface area contributed by atoms with Crippen LogP contribution in [0.25, 0.3) is 16.7 Å². The zero-order valence-electron chi connectivity index (χ0n) is 14.9. The molecule has 0 unspecified atom stereocenters. The van der Waals surface area contributed by atoms with Gasteiger partial charge >= 0.3 is 0 Å². The molecule has 0 saturated carbocycles. The predicted octanol–water partition coefficient (Wildman–Crippen LogP) is 2.54. The van der Waals surface area contributed by atoms with Crippen LogP contribution < -0.4 is 10.9 Å². The number of thioether (sulfide) groups is 1. The molecular weight excluding hydrogens is 376 g/mol. The van der Waals surface area contributed by atoms with E-state index in [0.29, 0.717) is 27.7 Å². The lowest BCUT2D eigenvalue weighted by Crippen LogP contribution is -2.23. The zero-order chi connectivity index (χ0) is 19.5. The fraction of sp³-hybridized carbons (Fsp3) is 0.105. The summed E-state index contributed by atoms with van der Waals surface area (Å²) in [6, 6.07) is 14.3. The van der Waals surface area contributed by atoms with Gasteiger partial charge < -0.3 is 5.32 Å². The number of nitrogens with one attached hydrogen (secondary N) is 2. The number of benzene rings is 1. The van der Waals surface area contributed by atoms with Gasteiger partial charge in [-0.3, -0.25) is 19.3 Å². The molecule has 0 spiro atoms. The van der Waals surface area contributed by atoms with Gasteiger partial charge in [0.05, 0.1) is 16.8 Å². The number of H-pyrrole nitrogens is 1. The van der Waals surface area contributed by atoms with Crippen LogP contribution >= 0.6 is 11.8 Å². The van der Waals surface area contributed by atoms with Crippen LogP contribution in [-0.2, 0) is 4.79 Å². The highest BCUT2D eigenvalue weighted by Crippen LogP contribution is 2.20. The topological polar surface area (TPSA) is 106 Å². The summed E-state index contributed by atoms with van der Waals surface area (Å²) in [6.07, 6.45) is 1.59. The number of carbonyl (C=O) groups is 1. The highest BCUT2D eigenvalue weighted by Gasteiger charge is 2.15. The van der Waals surface area contributed by atoms with Crippen molar-refractivity contribution in [3.63, 3.8) is 0 Å². The van der Waals surface area contributed by atoms with Crippen LogP contribution in [0.3, 0.4) is 0 Å². The third-order valence-electron chi connectivity index (χ3n) is 3.93. The molecule has 1 amide bonds. The minimum absolute atomic E-state index is 0.0729. The van der Waals surface area contributed by atoms with Gasteiger partial charge in [-0.1, -0.05) is 30.0 Å². The number of amides is 1. The van der Waals surface area contributed by atoms with E-state index < -0.39 is 0 Å². The quantitative estimate of drug-likeness (QED) is 0.399. The largest absolute Gasteiger partial charge is 0.308 e. The molecule has 0 atom stereocenters. The van der Waals surface area contributed by atoms with Crippen molar-refractivity contribution in [2.75, 3.05) is 11.1 Å². The Morgan fingerprint density at radius 3 is 2.79 bits per heavy atom.